The Morgan fingerprint density at radius 1 is 1.62 bits per heavy atom. The van der Waals surface area contributed by atoms with Crippen molar-refractivity contribution in [3.05, 3.63) is 22.4 Å². The van der Waals surface area contributed by atoms with E-state index in [9.17, 15) is 4.79 Å². The Kier molecular flexibility index (Phi) is 1.74. The van der Waals surface area contributed by atoms with Gasteiger partial charge in [0.15, 0.2) is 0 Å². The molecule has 2 rings (SSSR count). The molecule has 0 radical (unpaired) electrons. The molecular formula is C10H12O2S. The van der Waals surface area contributed by atoms with E-state index in [0.717, 1.165) is 0 Å². The normalized spacial score (nSPS) is 30.0. The lowest BCUT2D eigenvalue weighted by molar-refractivity contribution is -0.139. The number of hydrogen-bond acceptors (Lipinski definition) is 2. The molecule has 0 aliphatic heterocycles. The maximum Gasteiger partial charge on any atom is 0.307 e. The van der Waals surface area contributed by atoms with Gasteiger partial charge in [-0.15, -0.1) is 0 Å². The van der Waals surface area contributed by atoms with Crippen molar-refractivity contribution in [1.29, 1.82) is 0 Å². The zero-order valence-corrected chi connectivity index (χ0v) is 8.47. The van der Waals surface area contributed by atoms with Gasteiger partial charge in [0.05, 0.1) is 5.92 Å². The van der Waals surface area contributed by atoms with Crippen molar-refractivity contribution in [2.75, 3.05) is 0 Å². The Hall–Kier alpha value is -0.830. The summed E-state index contributed by atoms with van der Waals surface area (Å²) in [7, 11) is 0. The van der Waals surface area contributed by atoms with Gasteiger partial charge in [-0.05, 0) is 27.8 Å². The van der Waals surface area contributed by atoms with Gasteiger partial charge in [0, 0.05) is 5.92 Å². The summed E-state index contributed by atoms with van der Waals surface area (Å²) in [5.41, 5.74) is 1.12. The molecule has 0 bridgehead atoms. The second kappa shape index (κ2) is 2.58. The van der Waals surface area contributed by atoms with Crippen LogP contribution in [0.3, 0.4) is 0 Å². The molecular weight excluding hydrogens is 184 g/mol. The molecule has 1 aromatic rings. The van der Waals surface area contributed by atoms with E-state index < -0.39 is 5.97 Å². The Balaban J connectivity index is 2.25. The average molecular weight is 196 g/mol. The summed E-state index contributed by atoms with van der Waals surface area (Å²) in [6.45, 7) is 4.04. The molecule has 1 aromatic heterocycles. The number of carboxylic acid groups (broad SMARTS) is 1. The summed E-state index contributed by atoms with van der Waals surface area (Å²) >= 11 is 1.63. The van der Waals surface area contributed by atoms with Gasteiger partial charge in [0.2, 0.25) is 0 Å². The second-order valence-electron chi connectivity index (χ2n) is 4.17. The van der Waals surface area contributed by atoms with E-state index >= 15 is 0 Å². The number of thiophene rings is 1. The fourth-order valence-electron chi connectivity index (χ4n) is 2.17. The highest BCUT2D eigenvalue weighted by Crippen LogP contribution is 2.64. The van der Waals surface area contributed by atoms with Gasteiger partial charge < -0.3 is 5.11 Å². The molecule has 0 spiro atoms. The van der Waals surface area contributed by atoms with Crippen LogP contribution in [0.1, 0.15) is 25.3 Å². The first kappa shape index (κ1) is 8.75. The van der Waals surface area contributed by atoms with Crippen LogP contribution in [0.2, 0.25) is 0 Å². The van der Waals surface area contributed by atoms with Crippen LogP contribution >= 0.6 is 11.3 Å². The second-order valence-corrected chi connectivity index (χ2v) is 4.95. The molecule has 1 aliphatic carbocycles. The van der Waals surface area contributed by atoms with Crippen molar-refractivity contribution in [3.8, 4) is 0 Å². The van der Waals surface area contributed by atoms with Crippen molar-refractivity contribution >= 4 is 17.3 Å². The van der Waals surface area contributed by atoms with E-state index in [4.69, 9.17) is 5.11 Å². The molecule has 70 valence electrons. The van der Waals surface area contributed by atoms with Crippen LogP contribution in [-0.4, -0.2) is 11.1 Å². The van der Waals surface area contributed by atoms with E-state index in [1.807, 2.05) is 25.3 Å². The third kappa shape index (κ3) is 1.18. The number of carboxylic acids is 1. The van der Waals surface area contributed by atoms with Crippen molar-refractivity contribution in [2.45, 2.75) is 19.8 Å². The number of hydrogen-bond donors (Lipinski definition) is 1. The number of rotatable bonds is 2. The van der Waals surface area contributed by atoms with Gasteiger partial charge >= 0.3 is 5.97 Å². The van der Waals surface area contributed by atoms with Gasteiger partial charge in [-0.1, -0.05) is 13.8 Å². The molecule has 13 heavy (non-hydrogen) atoms. The van der Waals surface area contributed by atoms with Gasteiger partial charge in [-0.2, -0.15) is 11.3 Å². The molecule has 1 N–H and O–H groups in total. The van der Waals surface area contributed by atoms with Crippen LogP contribution in [0.25, 0.3) is 0 Å². The van der Waals surface area contributed by atoms with Gasteiger partial charge in [0.25, 0.3) is 0 Å². The first-order valence-electron chi connectivity index (χ1n) is 4.30. The minimum absolute atomic E-state index is 0.0626. The summed E-state index contributed by atoms with van der Waals surface area (Å²) < 4.78 is 0. The fourth-order valence-corrected chi connectivity index (χ4v) is 2.87. The molecule has 3 heteroatoms. The molecule has 2 atom stereocenters. The highest BCUT2D eigenvalue weighted by atomic mass is 32.1. The molecule has 0 saturated heterocycles. The van der Waals surface area contributed by atoms with Gasteiger partial charge in [0.1, 0.15) is 0 Å². The maximum absolute atomic E-state index is 10.9. The maximum atomic E-state index is 10.9. The monoisotopic (exact) mass is 196 g/mol. The number of aliphatic carboxylic acids is 1. The zero-order chi connectivity index (χ0) is 9.64. The molecule has 1 aliphatic rings. The Morgan fingerprint density at radius 3 is 2.69 bits per heavy atom. The van der Waals surface area contributed by atoms with Crippen molar-refractivity contribution in [3.63, 3.8) is 0 Å². The lowest BCUT2D eigenvalue weighted by Crippen LogP contribution is -2.02. The van der Waals surface area contributed by atoms with Crippen molar-refractivity contribution in [1.82, 2.24) is 0 Å². The predicted octanol–water partition coefficient (Wildman–Crippen LogP) is 2.57. The van der Waals surface area contributed by atoms with Crippen LogP contribution in [0, 0.1) is 11.3 Å². The van der Waals surface area contributed by atoms with E-state index in [1.165, 1.54) is 5.56 Å². The highest BCUT2D eigenvalue weighted by molar-refractivity contribution is 7.08. The lowest BCUT2D eigenvalue weighted by atomic mass is 10.1. The predicted molar refractivity (Wildman–Crippen MR) is 52.0 cm³/mol. The Morgan fingerprint density at radius 2 is 2.31 bits per heavy atom. The molecule has 1 fully saturated rings. The van der Waals surface area contributed by atoms with E-state index in [-0.39, 0.29) is 17.3 Å². The largest absolute Gasteiger partial charge is 0.481 e. The van der Waals surface area contributed by atoms with Crippen LogP contribution in [0.5, 0.6) is 0 Å². The summed E-state index contributed by atoms with van der Waals surface area (Å²) in [4.78, 5) is 10.9. The van der Waals surface area contributed by atoms with Crippen molar-refractivity contribution in [2.24, 2.45) is 11.3 Å². The minimum Gasteiger partial charge on any atom is -0.481 e. The average Bonchev–Trinajstić information content (AvgIpc) is 2.50. The Labute approximate surface area is 81.2 Å². The molecule has 2 nitrogen and oxygen atoms in total. The van der Waals surface area contributed by atoms with Crippen LogP contribution in [0.15, 0.2) is 16.8 Å². The summed E-state index contributed by atoms with van der Waals surface area (Å²) in [5, 5.41) is 13.0. The zero-order valence-electron chi connectivity index (χ0n) is 7.65. The smallest absolute Gasteiger partial charge is 0.307 e. The van der Waals surface area contributed by atoms with E-state index in [0.29, 0.717) is 0 Å². The Bertz CT molecular complexity index is 327. The summed E-state index contributed by atoms with van der Waals surface area (Å²) in [6, 6.07) is 2.03. The first-order chi connectivity index (χ1) is 6.05. The topological polar surface area (TPSA) is 37.3 Å². The summed E-state index contributed by atoms with van der Waals surface area (Å²) in [6.07, 6.45) is 0. The highest BCUT2D eigenvalue weighted by Gasteiger charge is 2.62. The van der Waals surface area contributed by atoms with E-state index in [1.54, 1.807) is 11.3 Å². The van der Waals surface area contributed by atoms with Crippen LogP contribution in [-0.2, 0) is 4.79 Å². The third-order valence-electron chi connectivity index (χ3n) is 3.00. The lowest BCUT2D eigenvalue weighted by Gasteiger charge is -1.98. The molecule has 1 saturated carbocycles. The standard InChI is InChI=1S/C10H12O2S/c1-10(2)7(8(10)9(11)12)6-3-4-13-5-6/h3-5,7-8H,1-2H3,(H,11,12)/t7-,8+/m1/s1. The molecule has 0 unspecified atom stereocenters. The van der Waals surface area contributed by atoms with Gasteiger partial charge in [-0.25, -0.2) is 0 Å². The molecule has 0 aromatic carbocycles. The minimum atomic E-state index is -0.666. The fraction of sp³-hybridized carbons (Fsp3) is 0.500. The van der Waals surface area contributed by atoms with Crippen molar-refractivity contribution < 1.29 is 9.90 Å². The van der Waals surface area contributed by atoms with E-state index in [2.05, 4.69) is 5.38 Å². The molecule has 1 heterocycles. The first-order valence-corrected chi connectivity index (χ1v) is 5.24. The van der Waals surface area contributed by atoms with Crippen LogP contribution in [0.4, 0.5) is 0 Å². The summed E-state index contributed by atoms with van der Waals surface area (Å²) in [5.74, 6) is -0.639. The van der Waals surface area contributed by atoms with Crippen LogP contribution < -0.4 is 0 Å². The third-order valence-corrected chi connectivity index (χ3v) is 3.70. The number of carbonyl (C=O) groups is 1. The van der Waals surface area contributed by atoms with Gasteiger partial charge in [-0.3, -0.25) is 4.79 Å². The quantitative estimate of drug-likeness (QED) is 0.789. The molecule has 0 amide bonds. The SMILES string of the molecule is CC1(C)[C@H](C(=O)O)[C@H]1c1ccsc1.